The second kappa shape index (κ2) is 9.29. The van der Waals surface area contributed by atoms with E-state index < -0.39 is 0 Å². The molecule has 35 heavy (non-hydrogen) atoms. The SMILES string of the molecule is COc1cccc(CNC2CCc3c(sc4ncn(Cc5cccc6ccccc56)c(=O)c34)C2)c1. The molecule has 0 saturated carbocycles. The summed E-state index contributed by atoms with van der Waals surface area (Å²) in [7, 11) is 1.70. The fraction of sp³-hybridized carbons (Fsp3) is 0.241. The molecule has 2 heterocycles. The minimum Gasteiger partial charge on any atom is -0.497 e. The largest absolute Gasteiger partial charge is 0.497 e. The van der Waals surface area contributed by atoms with Gasteiger partial charge in [0.05, 0.1) is 25.4 Å². The molecule has 1 N–H and O–H groups in total. The maximum atomic E-state index is 13.6. The number of methoxy groups -OCH3 is 1. The summed E-state index contributed by atoms with van der Waals surface area (Å²) >= 11 is 1.68. The van der Waals surface area contributed by atoms with E-state index in [0.29, 0.717) is 12.6 Å². The number of nitrogens with zero attached hydrogens (tertiary/aromatic N) is 2. The van der Waals surface area contributed by atoms with Crippen molar-refractivity contribution < 1.29 is 4.74 Å². The molecule has 1 atom stereocenters. The Labute approximate surface area is 208 Å². The Morgan fingerprint density at radius 2 is 1.97 bits per heavy atom. The van der Waals surface area contributed by atoms with Gasteiger partial charge in [0.1, 0.15) is 10.6 Å². The molecule has 0 radical (unpaired) electrons. The van der Waals surface area contributed by atoms with Gasteiger partial charge in [-0.3, -0.25) is 9.36 Å². The highest BCUT2D eigenvalue weighted by Crippen LogP contribution is 2.34. The number of thiophene rings is 1. The Balaban J connectivity index is 1.24. The number of nitrogens with one attached hydrogen (secondary N) is 1. The van der Waals surface area contributed by atoms with Crippen molar-refractivity contribution in [3.8, 4) is 5.75 Å². The molecule has 0 spiro atoms. The molecular formula is C29H27N3O2S. The van der Waals surface area contributed by atoms with Gasteiger partial charge in [-0.1, -0.05) is 54.6 Å². The second-order valence-electron chi connectivity index (χ2n) is 9.17. The molecule has 1 aliphatic carbocycles. The highest BCUT2D eigenvalue weighted by molar-refractivity contribution is 7.18. The molecule has 5 aromatic rings. The normalized spacial score (nSPS) is 15.4. The van der Waals surface area contributed by atoms with Crippen LogP contribution in [0.5, 0.6) is 5.75 Å². The van der Waals surface area contributed by atoms with E-state index in [-0.39, 0.29) is 5.56 Å². The molecule has 3 aromatic carbocycles. The van der Waals surface area contributed by atoms with Crippen molar-refractivity contribution in [3.63, 3.8) is 0 Å². The van der Waals surface area contributed by atoms with Crippen molar-refractivity contribution in [2.45, 2.75) is 38.4 Å². The summed E-state index contributed by atoms with van der Waals surface area (Å²) in [5, 5.41) is 6.88. The summed E-state index contributed by atoms with van der Waals surface area (Å²) in [6.07, 6.45) is 4.57. The van der Waals surface area contributed by atoms with Crippen molar-refractivity contribution >= 4 is 32.3 Å². The molecule has 0 amide bonds. The summed E-state index contributed by atoms with van der Waals surface area (Å²) in [4.78, 5) is 20.4. The van der Waals surface area contributed by atoms with Crippen molar-refractivity contribution in [1.82, 2.24) is 14.9 Å². The quantitative estimate of drug-likeness (QED) is 0.357. The Hall–Kier alpha value is -3.48. The van der Waals surface area contributed by atoms with Crippen LogP contribution in [-0.4, -0.2) is 22.7 Å². The van der Waals surface area contributed by atoms with Gasteiger partial charge in [-0.05, 0) is 58.9 Å². The summed E-state index contributed by atoms with van der Waals surface area (Å²) in [5.41, 5.74) is 3.62. The minimum absolute atomic E-state index is 0.0724. The second-order valence-corrected chi connectivity index (χ2v) is 10.3. The summed E-state index contributed by atoms with van der Waals surface area (Å²) < 4.78 is 7.11. The van der Waals surface area contributed by atoms with Crippen LogP contribution in [0, 0.1) is 0 Å². The molecular weight excluding hydrogens is 454 g/mol. The molecule has 2 aromatic heterocycles. The Morgan fingerprint density at radius 3 is 2.89 bits per heavy atom. The van der Waals surface area contributed by atoms with E-state index in [1.165, 1.54) is 26.8 Å². The highest BCUT2D eigenvalue weighted by atomic mass is 32.1. The van der Waals surface area contributed by atoms with E-state index in [1.54, 1.807) is 29.3 Å². The predicted octanol–water partition coefficient (Wildman–Crippen LogP) is 5.32. The van der Waals surface area contributed by atoms with Crippen molar-refractivity contribution in [1.29, 1.82) is 0 Å². The lowest BCUT2D eigenvalue weighted by Crippen LogP contribution is -2.33. The first-order valence-electron chi connectivity index (χ1n) is 12.0. The van der Waals surface area contributed by atoms with Crippen LogP contribution < -0.4 is 15.6 Å². The van der Waals surface area contributed by atoms with Crippen LogP contribution in [0.15, 0.2) is 77.9 Å². The van der Waals surface area contributed by atoms with Gasteiger partial charge in [0.15, 0.2) is 0 Å². The number of aromatic nitrogens is 2. The van der Waals surface area contributed by atoms with Crippen LogP contribution in [0.2, 0.25) is 0 Å². The van der Waals surface area contributed by atoms with Gasteiger partial charge in [0.2, 0.25) is 0 Å². The molecule has 5 nitrogen and oxygen atoms in total. The summed E-state index contributed by atoms with van der Waals surface area (Å²) in [5.74, 6) is 0.880. The van der Waals surface area contributed by atoms with Crippen LogP contribution in [0.4, 0.5) is 0 Å². The smallest absolute Gasteiger partial charge is 0.262 e. The molecule has 176 valence electrons. The summed E-state index contributed by atoms with van der Waals surface area (Å²) in [6.45, 7) is 1.33. The standard InChI is InChI=1S/C29H27N3O2S/c1-34-23-10-4-6-19(14-23)16-30-22-12-13-25-26(15-22)35-28-27(25)29(33)32(18-31-28)17-21-9-5-8-20-7-2-3-11-24(20)21/h2-11,14,18,22,30H,12-13,15-17H2,1H3. The van der Waals surface area contributed by atoms with Gasteiger partial charge in [-0.15, -0.1) is 11.3 Å². The number of hydrogen-bond acceptors (Lipinski definition) is 5. The van der Waals surface area contributed by atoms with E-state index in [4.69, 9.17) is 9.72 Å². The number of fused-ring (bicyclic) bond motifs is 4. The molecule has 0 bridgehead atoms. The van der Waals surface area contributed by atoms with E-state index in [0.717, 1.165) is 47.3 Å². The van der Waals surface area contributed by atoms with E-state index in [9.17, 15) is 4.79 Å². The first kappa shape index (κ1) is 22.0. The Morgan fingerprint density at radius 1 is 1.11 bits per heavy atom. The molecule has 1 unspecified atom stereocenters. The lowest BCUT2D eigenvalue weighted by molar-refractivity contribution is 0.413. The highest BCUT2D eigenvalue weighted by Gasteiger charge is 2.25. The van der Waals surface area contributed by atoms with Gasteiger partial charge in [0.25, 0.3) is 5.56 Å². The van der Waals surface area contributed by atoms with E-state index in [2.05, 4.69) is 47.8 Å². The third-order valence-electron chi connectivity index (χ3n) is 6.99. The van der Waals surface area contributed by atoms with Crippen molar-refractivity contribution in [2.75, 3.05) is 7.11 Å². The van der Waals surface area contributed by atoms with Gasteiger partial charge in [-0.25, -0.2) is 4.98 Å². The number of benzene rings is 3. The lowest BCUT2D eigenvalue weighted by atomic mass is 9.93. The minimum atomic E-state index is 0.0724. The van der Waals surface area contributed by atoms with E-state index >= 15 is 0 Å². The van der Waals surface area contributed by atoms with Gasteiger partial charge >= 0.3 is 0 Å². The zero-order valence-corrected chi connectivity index (χ0v) is 20.5. The average molecular weight is 482 g/mol. The first-order chi connectivity index (χ1) is 17.2. The molecule has 0 fully saturated rings. The Kier molecular flexibility index (Phi) is 5.84. The maximum absolute atomic E-state index is 13.6. The predicted molar refractivity (Wildman–Crippen MR) is 143 cm³/mol. The molecule has 1 aliphatic rings. The Bertz CT molecular complexity index is 1580. The van der Waals surface area contributed by atoms with Crippen LogP contribution in [0.3, 0.4) is 0 Å². The van der Waals surface area contributed by atoms with Crippen LogP contribution >= 0.6 is 11.3 Å². The summed E-state index contributed by atoms with van der Waals surface area (Å²) in [6, 6.07) is 23.1. The topological polar surface area (TPSA) is 56.1 Å². The van der Waals surface area contributed by atoms with Crippen LogP contribution in [0.1, 0.15) is 28.0 Å². The molecule has 0 aliphatic heterocycles. The fourth-order valence-corrected chi connectivity index (χ4v) is 6.40. The zero-order chi connectivity index (χ0) is 23.8. The molecule has 6 heteroatoms. The first-order valence-corrected chi connectivity index (χ1v) is 12.8. The van der Waals surface area contributed by atoms with Gasteiger partial charge < -0.3 is 10.1 Å². The molecule has 0 saturated heterocycles. The average Bonchev–Trinajstić information content (AvgIpc) is 3.28. The maximum Gasteiger partial charge on any atom is 0.262 e. The number of hydrogen-bond donors (Lipinski definition) is 1. The number of ether oxygens (including phenoxy) is 1. The lowest BCUT2D eigenvalue weighted by Gasteiger charge is -2.23. The van der Waals surface area contributed by atoms with Crippen LogP contribution in [0.25, 0.3) is 21.0 Å². The van der Waals surface area contributed by atoms with Crippen LogP contribution in [-0.2, 0) is 25.9 Å². The number of aryl methyl sites for hydroxylation is 1. The van der Waals surface area contributed by atoms with Crippen molar-refractivity contribution in [3.05, 3.63) is 105 Å². The third kappa shape index (κ3) is 4.24. The van der Waals surface area contributed by atoms with Gasteiger partial charge in [-0.2, -0.15) is 0 Å². The monoisotopic (exact) mass is 481 g/mol. The third-order valence-corrected chi connectivity index (χ3v) is 8.15. The van der Waals surface area contributed by atoms with Crippen molar-refractivity contribution in [2.24, 2.45) is 0 Å². The fourth-order valence-electron chi connectivity index (χ4n) is 5.15. The van der Waals surface area contributed by atoms with E-state index in [1.807, 2.05) is 24.3 Å². The number of rotatable bonds is 6. The molecule has 6 rings (SSSR count). The van der Waals surface area contributed by atoms with Gasteiger partial charge in [0, 0.05) is 17.5 Å². The zero-order valence-electron chi connectivity index (χ0n) is 19.7.